The molecule has 0 bridgehead atoms. The highest BCUT2D eigenvalue weighted by Gasteiger charge is 2.41. The van der Waals surface area contributed by atoms with Crippen LogP contribution in [0.1, 0.15) is 29.9 Å². The van der Waals surface area contributed by atoms with Gasteiger partial charge < -0.3 is 19.5 Å². The molecule has 0 unspecified atom stereocenters. The third-order valence-electron chi connectivity index (χ3n) is 6.60. The highest BCUT2D eigenvalue weighted by Crippen LogP contribution is 2.39. The number of pyridine rings is 1. The second kappa shape index (κ2) is 10.5. The number of benzene rings is 1. The van der Waals surface area contributed by atoms with Crippen molar-refractivity contribution in [2.45, 2.75) is 18.5 Å². The topological polar surface area (TPSA) is 88.7 Å². The summed E-state index contributed by atoms with van der Waals surface area (Å²) in [5.74, 6) is 0. The molecule has 9 nitrogen and oxygen atoms in total. The van der Waals surface area contributed by atoms with E-state index in [0.29, 0.717) is 5.11 Å². The average molecular weight is 493 g/mol. The van der Waals surface area contributed by atoms with Crippen molar-refractivity contribution in [2.24, 2.45) is 0 Å². The van der Waals surface area contributed by atoms with E-state index in [2.05, 4.69) is 30.7 Å². The fourth-order valence-electron chi connectivity index (χ4n) is 4.86. The fourth-order valence-corrected chi connectivity index (χ4v) is 5.19. The zero-order valence-corrected chi connectivity index (χ0v) is 20.1. The molecule has 35 heavy (non-hydrogen) atoms. The van der Waals surface area contributed by atoms with Crippen LogP contribution in [0.5, 0.6) is 0 Å². The molecule has 2 aromatic heterocycles. The first-order chi connectivity index (χ1) is 17.1. The Hall–Kier alpha value is -3.34. The monoisotopic (exact) mass is 492 g/mol. The van der Waals surface area contributed by atoms with E-state index in [1.807, 2.05) is 30.5 Å². The number of thiocarbonyl (C=S) groups is 1. The highest BCUT2D eigenvalue weighted by molar-refractivity contribution is 7.80. The molecule has 2 fully saturated rings. The van der Waals surface area contributed by atoms with Crippen LogP contribution in [0, 0.1) is 10.1 Å². The van der Waals surface area contributed by atoms with Gasteiger partial charge in [-0.1, -0.05) is 6.07 Å². The van der Waals surface area contributed by atoms with Gasteiger partial charge in [0.25, 0.3) is 5.69 Å². The number of morpholine rings is 1. The molecule has 0 amide bonds. The van der Waals surface area contributed by atoms with Crippen molar-refractivity contribution in [3.05, 3.63) is 88.5 Å². The van der Waals surface area contributed by atoms with Gasteiger partial charge in [-0.2, -0.15) is 0 Å². The van der Waals surface area contributed by atoms with E-state index in [0.717, 1.165) is 62.9 Å². The minimum atomic E-state index is -0.382. The quantitative estimate of drug-likeness (QED) is 0.291. The Morgan fingerprint density at radius 2 is 1.89 bits per heavy atom. The highest BCUT2D eigenvalue weighted by atomic mass is 32.1. The maximum absolute atomic E-state index is 11.1. The zero-order chi connectivity index (χ0) is 24.2. The summed E-state index contributed by atoms with van der Waals surface area (Å²) in [6, 6.07) is 16.4. The maximum atomic E-state index is 11.1. The lowest BCUT2D eigenvalue weighted by Gasteiger charge is -2.31. The first-order valence-electron chi connectivity index (χ1n) is 11.8. The molecule has 2 saturated heterocycles. The van der Waals surface area contributed by atoms with Gasteiger partial charge in [-0.25, -0.2) is 0 Å². The van der Waals surface area contributed by atoms with Crippen molar-refractivity contribution in [1.82, 2.24) is 24.7 Å². The van der Waals surface area contributed by atoms with Crippen LogP contribution in [0.15, 0.2) is 67.0 Å². The number of nitrogens with one attached hydrogen (secondary N) is 1. The largest absolute Gasteiger partial charge is 0.379 e. The Bertz CT molecular complexity index is 1160. The van der Waals surface area contributed by atoms with Crippen LogP contribution < -0.4 is 5.32 Å². The molecule has 1 N–H and O–H groups in total. The van der Waals surface area contributed by atoms with Gasteiger partial charge in [0.05, 0.1) is 35.9 Å². The number of non-ortho nitro benzene ring substituents is 1. The van der Waals surface area contributed by atoms with Crippen LogP contribution in [0.4, 0.5) is 5.69 Å². The van der Waals surface area contributed by atoms with Crippen LogP contribution >= 0.6 is 12.2 Å². The van der Waals surface area contributed by atoms with Gasteiger partial charge in [-0.3, -0.25) is 20.0 Å². The van der Waals surface area contributed by atoms with Crippen molar-refractivity contribution in [2.75, 3.05) is 39.4 Å². The first kappa shape index (κ1) is 23.4. The molecule has 5 rings (SSSR count). The Morgan fingerprint density at radius 1 is 1.09 bits per heavy atom. The van der Waals surface area contributed by atoms with E-state index >= 15 is 0 Å². The molecule has 1 aromatic carbocycles. The number of nitrogens with zero attached hydrogens (tertiary/aromatic N) is 5. The molecule has 0 radical (unpaired) electrons. The van der Waals surface area contributed by atoms with E-state index in [-0.39, 0.29) is 22.7 Å². The average Bonchev–Trinajstić information content (AvgIpc) is 3.50. The predicted molar refractivity (Wildman–Crippen MR) is 136 cm³/mol. The zero-order valence-electron chi connectivity index (χ0n) is 19.3. The van der Waals surface area contributed by atoms with E-state index in [4.69, 9.17) is 17.0 Å². The van der Waals surface area contributed by atoms with Crippen molar-refractivity contribution in [1.29, 1.82) is 0 Å². The SMILES string of the molecule is O=[N+]([O-])c1ccc(-n2cccc2[C@@H]2[C@@H](c3ccccn3)NC(=S)N2CCCN2CCOCC2)cc1. The molecule has 0 spiro atoms. The summed E-state index contributed by atoms with van der Waals surface area (Å²) in [4.78, 5) is 20.0. The van der Waals surface area contributed by atoms with Gasteiger partial charge in [0.15, 0.2) is 5.11 Å². The molecule has 0 saturated carbocycles. The van der Waals surface area contributed by atoms with Gasteiger partial charge in [-0.05, 0) is 55.0 Å². The normalized spacial score (nSPS) is 20.7. The number of nitro benzene ring substituents is 1. The predicted octanol–water partition coefficient (Wildman–Crippen LogP) is 3.48. The number of rotatable bonds is 8. The Balaban J connectivity index is 1.44. The molecular weight excluding hydrogens is 464 g/mol. The minimum Gasteiger partial charge on any atom is -0.379 e. The van der Waals surface area contributed by atoms with Crippen LogP contribution in [0.3, 0.4) is 0 Å². The van der Waals surface area contributed by atoms with E-state index < -0.39 is 0 Å². The summed E-state index contributed by atoms with van der Waals surface area (Å²) in [7, 11) is 0. The molecule has 2 atom stereocenters. The van der Waals surface area contributed by atoms with Gasteiger partial charge in [0.2, 0.25) is 0 Å². The van der Waals surface area contributed by atoms with Crippen molar-refractivity contribution < 1.29 is 9.66 Å². The summed E-state index contributed by atoms with van der Waals surface area (Å²) in [6.07, 6.45) is 4.76. The number of ether oxygens (including phenoxy) is 1. The molecule has 3 aromatic rings. The lowest BCUT2D eigenvalue weighted by atomic mass is 10.0. The van der Waals surface area contributed by atoms with Gasteiger partial charge in [-0.15, -0.1) is 0 Å². The van der Waals surface area contributed by atoms with Crippen LogP contribution in [0.25, 0.3) is 5.69 Å². The van der Waals surface area contributed by atoms with Gasteiger partial charge in [0.1, 0.15) is 0 Å². The second-order valence-corrected chi connectivity index (χ2v) is 9.09. The maximum Gasteiger partial charge on any atom is 0.269 e. The van der Waals surface area contributed by atoms with E-state index in [1.165, 1.54) is 12.1 Å². The number of aromatic nitrogens is 2. The van der Waals surface area contributed by atoms with E-state index in [9.17, 15) is 10.1 Å². The smallest absolute Gasteiger partial charge is 0.269 e. The Morgan fingerprint density at radius 3 is 2.60 bits per heavy atom. The van der Waals surface area contributed by atoms with Gasteiger partial charge in [0, 0.05) is 62.1 Å². The molecule has 2 aliphatic rings. The molecule has 2 aliphatic heterocycles. The lowest BCUT2D eigenvalue weighted by molar-refractivity contribution is -0.384. The first-order valence-corrected chi connectivity index (χ1v) is 12.2. The van der Waals surface area contributed by atoms with Crippen molar-refractivity contribution in [3.8, 4) is 5.69 Å². The summed E-state index contributed by atoms with van der Waals surface area (Å²) < 4.78 is 7.55. The molecule has 10 heteroatoms. The molecule has 182 valence electrons. The van der Waals surface area contributed by atoms with Crippen molar-refractivity contribution in [3.63, 3.8) is 0 Å². The van der Waals surface area contributed by atoms with Crippen LogP contribution in [-0.4, -0.2) is 68.8 Å². The number of hydrogen-bond acceptors (Lipinski definition) is 6. The van der Waals surface area contributed by atoms with Crippen molar-refractivity contribution >= 4 is 23.0 Å². The summed E-state index contributed by atoms with van der Waals surface area (Å²) in [5, 5.41) is 15.3. The van der Waals surface area contributed by atoms with Gasteiger partial charge >= 0.3 is 0 Å². The summed E-state index contributed by atoms with van der Waals surface area (Å²) >= 11 is 5.81. The second-order valence-electron chi connectivity index (χ2n) is 8.70. The van der Waals surface area contributed by atoms with Crippen LogP contribution in [-0.2, 0) is 4.74 Å². The third-order valence-corrected chi connectivity index (χ3v) is 6.95. The fraction of sp³-hybridized carbons (Fsp3) is 0.360. The number of nitro groups is 1. The summed E-state index contributed by atoms with van der Waals surface area (Å²) in [6.45, 7) is 5.31. The Labute approximate surface area is 209 Å². The third kappa shape index (κ3) is 5.04. The lowest BCUT2D eigenvalue weighted by Crippen LogP contribution is -2.39. The standard InChI is InChI=1S/C25H28N6O3S/c32-31(33)20-9-7-19(8-10-20)29-13-3-6-22(29)24-23(21-5-1-2-11-26-21)27-25(35)30(24)14-4-12-28-15-17-34-18-16-28/h1-3,5-11,13,23-24H,4,12,14-18H2,(H,27,35)/t23-,24-/m1/s1. The molecule has 0 aliphatic carbocycles. The summed E-state index contributed by atoms with van der Waals surface area (Å²) in [5.41, 5.74) is 2.91. The number of hydrogen-bond donors (Lipinski definition) is 1. The molecular formula is C25H28N6O3S. The minimum absolute atomic E-state index is 0.0715. The Kier molecular flexibility index (Phi) is 7.03. The van der Waals surface area contributed by atoms with E-state index in [1.54, 1.807) is 18.3 Å². The molecule has 4 heterocycles. The van der Waals surface area contributed by atoms with Crippen LogP contribution in [0.2, 0.25) is 0 Å².